The normalized spacial score (nSPS) is 9.43. The summed E-state index contributed by atoms with van der Waals surface area (Å²) in [4.78, 5) is 10.2. The number of phenolic OH excluding ortho intramolecular Hbond substituents is 1. The van der Waals surface area contributed by atoms with Crippen LogP contribution in [0.2, 0.25) is 0 Å². The van der Waals surface area contributed by atoms with E-state index in [0.29, 0.717) is 12.0 Å². The lowest BCUT2D eigenvalue weighted by Gasteiger charge is -2.06. The molecule has 0 saturated heterocycles. The fraction of sp³-hybridized carbons (Fsp3) is 0.100. The zero-order valence-corrected chi connectivity index (χ0v) is 7.43. The van der Waals surface area contributed by atoms with Gasteiger partial charge >= 0.3 is 6.16 Å². The number of allylic oxidation sites excluding steroid dienone is 1. The summed E-state index contributed by atoms with van der Waals surface area (Å²) in [5.41, 5.74) is 0.582. The Bertz CT molecular complexity index is 357. The summed E-state index contributed by atoms with van der Waals surface area (Å²) in [6.07, 6.45) is 0.624. The van der Waals surface area contributed by atoms with Gasteiger partial charge in [-0.2, -0.15) is 0 Å². The summed E-state index contributed by atoms with van der Waals surface area (Å²) < 4.78 is 4.36. The van der Waals surface area contributed by atoms with Crippen molar-refractivity contribution in [3.05, 3.63) is 36.4 Å². The number of hydrogen-bond donors (Lipinski definition) is 2. The van der Waals surface area contributed by atoms with Gasteiger partial charge in [-0.15, -0.1) is 6.58 Å². The van der Waals surface area contributed by atoms with Gasteiger partial charge in [0.25, 0.3) is 0 Å². The highest BCUT2D eigenvalue weighted by molar-refractivity contribution is 5.63. The van der Waals surface area contributed by atoms with Crippen LogP contribution in [0.25, 0.3) is 0 Å². The summed E-state index contributed by atoms with van der Waals surface area (Å²) in [5, 5.41) is 17.9. The van der Waals surface area contributed by atoms with Crippen LogP contribution in [0.5, 0.6) is 11.5 Å². The molecule has 0 radical (unpaired) electrons. The van der Waals surface area contributed by atoms with Gasteiger partial charge in [-0.3, -0.25) is 0 Å². The van der Waals surface area contributed by atoms with Gasteiger partial charge in [0, 0.05) is 5.56 Å². The number of benzene rings is 1. The first kappa shape index (κ1) is 10.1. The second-order valence-electron chi connectivity index (χ2n) is 2.62. The quantitative estimate of drug-likeness (QED) is 0.439. The van der Waals surface area contributed by atoms with Crippen molar-refractivity contribution in [2.24, 2.45) is 0 Å². The SMILES string of the molecule is C=CCc1cccc(OC(=O)O)c1O. The molecule has 1 aromatic rings. The molecule has 0 spiro atoms. The van der Waals surface area contributed by atoms with Crippen molar-refractivity contribution in [3.8, 4) is 11.5 Å². The van der Waals surface area contributed by atoms with Crippen molar-refractivity contribution in [1.29, 1.82) is 0 Å². The van der Waals surface area contributed by atoms with Crippen LogP contribution in [-0.2, 0) is 6.42 Å². The van der Waals surface area contributed by atoms with Crippen LogP contribution in [-0.4, -0.2) is 16.4 Å². The highest BCUT2D eigenvalue weighted by Gasteiger charge is 2.09. The minimum Gasteiger partial charge on any atom is -0.504 e. The smallest absolute Gasteiger partial charge is 0.504 e. The van der Waals surface area contributed by atoms with Gasteiger partial charge in [-0.25, -0.2) is 4.79 Å². The molecule has 0 aliphatic carbocycles. The highest BCUT2D eigenvalue weighted by atomic mass is 16.7. The Morgan fingerprint density at radius 1 is 1.57 bits per heavy atom. The van der Waals surface area contributed by atoms with Crippen molar-refractivity contribution in [2.75, 3.05) is 0 Å². The predicted molar refractivity (Wildman–Crippen MR) is 50.7 cm³/mol. The number of ether oxygens (including phenoxy) is 1. The molecule has 0 aliphatic heterocycles. The van der Waals surface area contributed by atoms with Crippen molar-refractivity contribution in [2.45, 2.75) is 6.42 Å². The molecule has 1 rings (SSSR count). The predicted octanol–water partition coefficient (Wildman–Crippen LogP) is 2.18. The molecule has 4 nitrogen and oxygen atoms in total. The first-order valence-corrected chi connectivity index (χ1v) is 3.97. The first-order chi connectivity index (χ1) is 6.65. The molecular weight excluding hydrogens is 184 g/mol. The third-order valence-electron chi connectivity index (χ3n) is 1.64. The van der Waals surface area contributed by atoms with Crippen LogP contribution >= 0.6 is 0 Å². The lowest BCUT2D eigenvalue weighted by Crippen LogP contribution is -2.03. The summed E-state index contributed by atoms with van der Waals surface area (Å²) in [6, 6.07) is 4.67. The second-order valence-corrected chi connectivity index (χ2v) is 2.62. The zero-order valence-electron chi connectivity index (χ0n) is 7.43. The van der Waals surface area contributed by atoms with Crippen LogP contribution in [0.4, 0.5) is 4.79 Å². The molecule has 0 atom stereocenters. The molecule has 0 unspecified atom stereocenters. The van der Waals surface area contributed by atoms with E-state index in [1.165, 1.54) is 6.07 Å². The van der Waals surface area contributed by atoms with Gasteiger partial charge in [0.15, 0.2) is 11.5 Å². The molecule has 0 saturated carbocycles. The van der Waals surface area contributed by atoms with Gasteiger partial charge in [0.2, 0.25) is 0 Å². The van der Waals surface area contributed by atoms with Crippen LogP contribution in [0, 0.1) is 0 Å². The van der Waals surface area contributed by atoms with E-state index in [1.54, 1.807) is 18.2 Å². The van der Waals surface area contributed by atoms with Crippen LogP contribution < -0.4 is 4.74 Å². The molecule has 0 amide bonds. The minimum absolute atomic E-state index is 0.0585. The Morgan fingerprint density at radius 3 is 2.86 bits per heavy atom. The highest BCUT2D eigenvalue weighted by Crippen LogP contribution is 2.30. The lowest BCUT2D eigenvalue weighted by molar-refractivity contribution is 0.143. The van der Waals surface area contributed by atoms with Crippen molar-refractivity contribution < 1.29 is 19.7 Å². The largest absolute Gasteiger partial charge is 0.511 e. The van der Waals surface area contributed by atoms with E-state index in [2.05, 4.69) is 11.3 Å². The number of aromatic hydroxyl groups is 1. The molecule has 0 heterocycles. The molecule has 0 aliphatic rings. The van der Waals surface area contributed by atoms with Gasteiger partial charge in [0.05, 0.1) is 0 Å². The maximum atomic E-state index is 10.2. The van der Waals surface area contributed by atoms with E-state index >= 15 is 0 Å². The average molecular weight is 194 g/mol. The molecule has 74 valence electrons. The number of carbonyl (C=O) groups is 1. The fourth-order valence-electron chi connectivity index (χ4n) is 1.06. The molecule has 14 heavy (non-hydrogen) atoms. The average Bonchev–Trinajstić information content (AvgIpc) is 2.11. The van der Waals surface area contributed by atoms with E-state index in [-0.39, 0.29) is 11.5 Å². The van der Waals surface area contributed by atoms with Gasteiger partial charge in [-0.1, -0.05) is 18.2 Å². The molecule has 0 fully saturated rings. The van der Waals surface area contributed by atoms with Crippen LogP contribution in [0.15, 0.2) is 30.9 Å². The number of para-hydroxylation sites is 1. The van der Waals surface area contributed by atoms with Crippen molar-refractivity contribution >= 4 is 6.16 Å². The summed E-state index contributed by atoms with van der Waals surface area (Å²) >= 11 is 0. The second kappa shape index (κ2) is 4.32. The van der Waals surface area contributed by atoms with Crippen LogP contribution in [0.3, 0.4) is 0 Å². The molecule has 1 aromatic carbocycles. The Hall–Kier alpha value is -1.97. The van der Waals surface area contributed by atoms with E-state index < -0.39 is 6.16 Å². The Morgan fingerprint density at radius 2 is 2.29 bits per heavy atom. The Balaban J connectivity index is 3.00. The van der Waals surface area contributed by atoms with Gasteiger partial charge in [0.1, 0.15) is 0 Å². The zero-order chi connectivity index (χ0) is 10.6. The number of rotatable bonds is 3. The molecule has 0 bridgehead atoms. The summed E-state index contributed by atoms with van der Waals surface area (Å²) in [5.74, 6) is -0.216. The molecule has 4 heteroatoms. The molecule has 0 aromatic heterocycles. The maximum Gasteiger partial charge on any atom is 0.511 e. The summed E-state index contributed by atoms with van der Waals surface area (Å²) in [7, 11) is 0. The third kappa shape index (κ3) is 2.26. The van der Waals surface area contributed by atoms with E-state index in [4.69, 9.17) is 5.11 Å². The Kier molecular flexibility index (Phi) is 3.12. The van der Waals surface area contributed by atoms with E-state index in [9.17, 15) is 9.90 Å². The van der Waals surface area contributed by atoms with Crippen molar-refractivity contribution in [3.63, 3.8) is 0 Å². The topological polar surface area (TPSA) is 66.8 Å². The fourth-order valence-corrected chi connectivity index (χ4v) is 1.06. The standard InChI is InChI=1S/C10H10O4/c1-2-4-7-5-3-6-8(9(7)11)14-10(12)13/h2-3,5-6,11H,1,4H2,(H,12,13). The molecule has 2 N–H and O–H groups in total. The maximum absolute atomic E-state index is 10.2. The number of phenols is 1. The summed E-state index contributed by atoms with van der Waals surface area (Å²) in [6.45, 7) is 3.52. The lowest BCUT2D eigenvalue weighted by atomic mass is 10.1. The van der Waals surface area contributed by atoms with Crippen molar-refractivity contribution in [1.82, 2.24) is 0 Å². The van der Waals surface area contributed by atoms with E-state index in [1.807, 2.05) is 0 Å². The Labute approximate surface area is 81.1 Å². The third-order valence-corrected chi connectivity index (χ3v) is 1.64. The van der Waals surface area contributed by atoms with E-state index in [0.717, 1.165) is 0 Å². The van der Waals surface area contributed by atoms with Gasteiger partial charge in [-0.05, 0) is 12.5 Å². The van der Waals surface area contributed by atoms with Crippen LogP contribution in [0.1, 0.15) is 5.56 Å². The monoisotopic (exact) mass is 194 g/mol. The first-order valence-electron chi connectivity index (χ1n) is 3.97. The number of hydrogen-bond acceptors (Lipinski definition) is 3. The number of carboxylic acid groups (broad SMARTS) is 1. The minimum atomic E-state index is -1.45. The molecular formula is C10H10O4. The van der Waals surface area contributed by atoms with Gasteiger partial charge < -0.3 is 14.9 Å².